The lowest BCUT2D eigenvalue weighted by Crippen LogP contribution is -2.34. The second-order valence-electron chi connectivity index (χ2n) is 4.18. The Bertz CT molecular complexity index is 480. The van der Waals surface area contributed by atoms with Gasteiger partial charge in [-0.1, -0.05) is 6.07 Å². The number of benzene rings is 1. The molecule has 19 heavy (non-hydrogen) atoms. The first-order valence-corrected chi connectivity index (χ1v) is 8.32. The van der Waals surface area contributed by atoms with Crippen LogP contribution in [0, 0.1) is 3.57 Å². The summed E-state index contributed by atoms with van der Waals surface area (Å²) in [4.78, 5) is 23.6. The lowest BCUT2D eigenvalue weighted by molar-refractivity contribution is 0.0924. The van der Waals surface area contributed by atoms with Crippen LogP contribution >= 0.6 is 34.4 Å². The SMILES string of the molecule is CSCCC(C)NC(=O)c1cccc(I)c1C(N)=O. The number of nitrogens with two attached hydrogens (primary N) is 1. The molecular formula is C13H17IN2O2S. The van der Waals surface area contributed by atoms with Gasteiger partial charge >= 0.3 is 0 Å². The molecular weight excluding hydrogens is 375 g/mol. The van der Waals surface area contributed by atoms with Gasteiger partial charge in [0.2, 0.25) is 0 Å². The van der Waals surface area contributed by atoms with Gasteiger partial charge < -0.3 is 11.1 Å². The van der Waals surface area contributed by atoms with Gasteiger partial charge in [-0.05, 0) is 60.1 Å². The van der Waals surface area contributed by atoms with E-state index in [1.807, 2.05) is 35.8 Å². The van der Waals surface area contributed by atoms with Crippen LogP contribution in [0.5, 0.6) is 0 Å². The highest BCUT2D eigenvalue weighted by Crippen LogP contribution is 2.17. The van der Waals surface area contributed by atoms with E-state index in [-0.39, 0.29) is 17.5 Å². The van der Waals surface area contributed by atoms with Crippen LogP contribution in [0.25, 0.3) is 0 Å². The lowest BCUT2D eigenvalue weighted by Gasteiger charge is -2.15. The Morgan fingerprint density at radius 3 is 2.74 bits per heavy atom. The van der Waals surface area contributed by atoms with Crippen molar-refractivity contribution < 1.29 is 9.59 Å². The first-order chi connectivity index (χ1) is 8.97. The zero-order valence-corrected chi connectivity index (χ0v) is 13.9. The maximum Gasteiger partial charge on any atom is 0.252 e. The molecule has 2 amide bonds. The summed E-state index contributed by atoms with van der Waals surface area (Å²) in [5, 5.41) is 2.89. The zero-order valence-electron chi connectivity index (χ0n) is 10.9. The molecule has 0 aliphatic heterocycles. The highest BCUT2D eigenvalue weighted by Gasteiger charge is 2.18. The number of primary amides is 1. The third-order valence-electron chi connectivity index (χ3n) is 2.64. The molecule has 0 radical (unpaired) electrons. The number of carbonyl (C=O) groups excluding carboxylic acids is 2. The monoisotopic (exact) mass is 392 g/mol. The zero-order chi connectivity index (χ0) is 14.4. The van der Waals surface area contributed by atoms with Crippen molar-refractivity contribution in [3.63, 3.8) is 0 Å². The van der Waals surface area contributed by atoms with Crippen molar-refractivity contribution in [3.05, 3.63) is 32.9 Å². The molecule has 6 heteroatoms. The fraction of sp³-hybridized carbons (Fsp3) is 0.385. The molecule has 0 aliphatic carbocycles. The summed E-state index contributed by atoms with van der Waals surface area (Å²) in [6, 6.07) is 5.20. The Hall–Kier alpha value is -0.760. The fourth-order valence-corrected chi connectivity index (χ4v) is 2.99. The van der Waals surface area contributed by atoms with Crippen LogP contribution in [0.15, 0.2) is 18.2 Å². The van der Waals surface area contributed by atoms with Gasteiger partial charge in [-0.15, -0.1) is 0 Å². The summed E-state index contributed by atoms with van der Waals surface area (Å²) in [5.41, 5.74) is 5.97. The van der Waals surface area contributed by atoms with E-state index in [1.165, 1.54) is 0 Å². The average Bonchev–Trinajstić information content (AvgIpc) is 2.35. The van der Waals surface area contributed by atoms with E-state index in [0.29, 0.717) is 9.13 Å². The van der Waals surface area contributed by atoms with E-state index in [2.05, 4.69) is 5.32 Å². The fourth-order valence-electron chi connectivity index (χ4n) is 1.63. The number of thioether (sulfide) groups is 1. The van der Waals surface area contributed by atoms with E-state index < -0.39 is 5.91 Å². The van der Waals surface area contributed by atoms with Crippen molar-refractivity contribution in [2.75, 3.05) is 12.0 Å². The number of halogens is 1. The molecule has 1 rings (SSSR count). The van der Waals surface area contributed by atoms with Gasteiger partial charge in [-0.2, -0.15) is 11.8 Å². The van der Waals surface area contributed by atoms with Gasteiger partial charge in [0.25, 0.3) is 11.8 Å². The van der Waals surface area contributed by atoms with E-state index in [0.717, 1.165) is 12.2 Å². The summed E-state index contributed by atoms with van der Waals surface area (Å²) < 4.78 is 0.689. The van der Waals surface area contributed by atoms with Gasteiger partial charge in [0.05, 0.1) is 11.1 Å². The molecule has 0 fully saturated rings. The third kappa shape index (κ3) is 4.68. The molecule has 1 unspecified atom stereocenters. The van der Waals surface area contributed by atoms with Crippen molar-refractivity contribution >= 4 is 46.2 Å². The van der Waals surface area contributed by atoms with Crippen molar-refractivity contribution in [2.24, 2.45) is 5.73 Å². The minimum Gasteiger partial charge on any atom is -0.366 e. The van der Waals surface area contributed by atoms with E-state index in [9.17, 15) is 9.59 Å². The smallest absolute Gasteiger partial charge is 0.252 e. The molecule has 1 aromatic rings. The first-order valence-electron chi connectivity index (χ1n) is 5.85. The van der Waals surface area contributed by atoms with Crippen molar-refractivity contribution in [2.45, 2.75) is 19.4 Å². The van der Waals surface area contributed by atoms with Crippen molar-refractivity contribution in [3.8, 4) is 0 Å². The van der Waals surface area contributed by atoms with Gasteiger partial charge in [0.1, 0.15) is 0 Å². The van der Waals surface area contributed by atoms with Crippen LogP contribution < -0.4 is 11.1 Å². The normalized spacial score (nSPS) is 11.9. The minimum atomic E-state index is -0.577. The van der Waals surface area contributed by atoms with Crippen LogP contribution in [0.2, 0.25) is 0 Å². The van der Waals surface area contributed by atoms with Gasteiger partial charge in [0.15, 0.2) is 0 Å². The van der Waals surface area contributed by atoms with Crippen LogP contribution in [-0.4, -0.2) is 29.9 Å². The summed E-state index contributed by atoms with van der Waals surface area (Å²) in [5.74, 6) is 0.157. The van der Waals surface area contributed by atoms with E-state index in [1.54, 1.807) is 30.0 Å². The Kier molecular flexibility index (Phi) is 6.64. The highest BCUT2D eigenvalue weighted by atomic mass is 127. The number of amides is 2. The Labute approximate surface area is 131 Å². The van der Waals surface area contributed by atoms with Crippen molar-refractivity contribution in [1.82, 2.24) is 5.32 Å². The van der Waals surface area contributed by atoms with Gasteiger partial charge in [-0.25, -0.2) is 0 Å². The van der Waals surface area contributed by atoms with Crippen LogP contribution in [0.4, 0.5) is 0 Å². The maximum atomic E-state index is 12.2. The lowest BCUT2D eigenvalue weighted by atomic mass is 10.1. The second kappa shape index (κ2) is 7.74. The largest absolute Gasteiger partial charge is 0.366 e. The van der Waals surface area contributed by atoms with Crippen LogP contribution in [-0.2, 0) is 0 Å². The molecule has 0 saturated carbocycles. The van der Waals surface area contributed by atoms with E-state index >= 15 is 0 Å². The summed E-state index contributed by atoms with van der Waals surface area (Å²) >= 11 is 3.74. The topological polar surface area (TPSA) is 72.2 Å². The number of hydrogen-bond donors (Lipinski definition) is 2. The van der Waals surface area contributed by atoms with Gasteiger partial charge in [0, 0.05) is 9.61 Å². The average molecular weight is 392 g/mol. The number of hydrogen-bond acceptors (Lipinski definition) is 3. The molecule has 0 heterocycles. The van der Waals surface area contributed by atoms with E-state index in [4.69, 9.17) is 5.73 Å². The second-order valence-corrected chi connectivity index (χ2v) is 6.33. The Morgan fingerprint density at radius 1 is 1.47 bits per heavy atom. The maximum absolute atomic E-state index is 12.2. The first kappa shape index (κ1) is 16.3. The predicted octanol–water partition coefficient (Wildman–Crippen LogP) is 2.26. The van der Waals surface area contributed by atoms with Crippen LogP contribution in [0.1, 0.15) is 34.1 Å². The summed E-state index contributed by atoms with van der Waals surface area (Å²) in [6.07, 6.45) is 2.92. The molecule has 0 aromatic heterocycles. The number of carbonyl (C=O) groups is 2. The standard InChI is InChI=1S/C13H17IN2O2S/c1-8(6-7-19-2)16-13(18)9-4-3-5-10(14)11(9)12(15)17/h3-5,8H,6-7H2,1-2H3,(H2,15,17)(H,16,18). The van der Waals surface area contributed by atoms with Crippen molar-refractivity contribution in [1.29, 1.82) is 0 Å². The summed E-state index contributed by atoms with van der Waals surface area (Å²) in [7, 11) is 0. The number of nitrogens with one attached hydrogen (secondary N) is 1. The molecule has 4 nitrogen and oxygen atoms in total. The highest BCUT2D eigenvalue weighted by molar-refractivity contribution is 14.1. The molecule has 1 aromatic carbocycles. The van der Waals surface area contributed by atoms with Gasteiger partial charge in [-0.3, -0.25) is 9.59 Å². The minimum absolute atomic E-state index is 0.0681. The molecule has 104 valence electrons. The Morgan fingerprint density at radius 2 is 2.16 bits per heavy atom. The third-order valence-corrected chi connectivity index (χ3v) is 4.18. The molecule has 0 aliphatic rings. The Balaban J connectivity index is 2.88. The molecule has 3 N–H and O–H groups in total. The quantitative estimate of drug-likeness (QED) is 0.730. The molecule has 0 bridgehead atoms. The number of rotatable bonds is 6. The molecule has 0 saturated heterocycles. The summed E-state index contributed by atoms with van der Waals surface area (Å²) in [6.45, 7) is 1.95. The predicted molar refractivity (Wildman–Crippen MR) is 87.6 cm³/mol. The van der Waals surface area contributed by atoms with Crippen LogP contribution in [0.3, 0.4) is 0 Å². The molecule has 0 spiro atoms. The molecule has 1 atom stereocenters.